The molecule has 0 amide bonds. The van der Waals surface area contributed by atoms with E-state index in [4.69, 9.17) is 11.6 Å². The van der Waals surface area contributed by atoms with Crippen molar-refractivity contribution in [2.45, 2.75) is 39.9 Å². The first kappa shape index (κ1) is 15.1. The van der Waals surface area contributed by atoms with Crippen LogP contribution in [0.3, 0.4) is 0 Å². The first-order valence-corrected chi connectivity index (χ1v) is 7.26. The van der Waals surface area contributed by atoms with Gasteiger partial charge in [0.05, 0.1) is 6.33 Å². The van der Waals surface area contributed by atoms with Crippen LogP contribution >= 0.6 is 11.6 Å². The maximum Gasteiger partial charge on any atom is 0.0946 e. The van der Waals surface area contributed by atoms with E-state index in [1.165, 1.54) is 5.56 Å². The molecular weight excluding hydrogens is 270 g/mol. The molecule has 0 aliphatic carbocycles. The molecule has 0 radical (unpaired) electrons. The van der Waals surface area contributed by atoms with Gasteiger partial charge in [0, 0.05) is 36.5 Å². The number of benzene rings is 1. The molecule has 2 aromatic rings. The number of hydrogen-bond acceptors (Lipinski definition) is 2. The number of nitrogens with zero attached hydrogens (tertiary/aromatic N) is 2. The molecule has 20 heavy (non-hydrogen) atoms. The molecule has 0 bridgehead atoms. The van der Waals surface area contributed by atoms with E-state index < -0.39 is 0 Å². The summed E-state index contributed by atoms with van der Waals surface area (Å²) in [6.07, 6.45) is 5.68. The van der Waals surface area contributed by atoms with Crippen LogP contribution < -0.4 is 5.32 Å². The van der Waals surface area contributed by atoms with Gasteiger partial charge in [0.15, 0.2) is 0 Å². The molecule has 4 heteroatoms. The van der Waals surface area contributed by atoms with Gasteiger partial charge < -0.3 is 9.88 Å². The molecule has 3 nitrogen and oxygen atoms in total. The second-order valence-electron chi connectivity index (χ2n) is 6.19. The Hall–Kier alpha value is -1.32. The van der Waals surface area contributed by atoms with Gasteiger partial charge in [0.25, 0.3) is 0 Å². The van der Waals surface area contributed by atoms with Crippen molar-refractivity contribution in [2.75, 3.05) is 0 Å². The number of imidazole rings is 1. The van der Waals surface area contributed by atoms with Crippen molar-refractivity contribution in [1.29, 1.82) is 0 Å². The number of halogens is 1. The SMILES string of the molecule is CC(C)(C)C(Cn1ccnc1)NCc1cccc(Cl)c1. The van der Waals surface area contributed by atoms with Crippen LogP contribution in [-0.4, -0.2) is 15.6 Å². The molecule has 1 N–H and O–H groups in total. The Balaban J connectivity index is 2.01. The maximum atomic E-state index is 6.03. The van der Waals surface area contributed by atoms with E-state index in [0.29, 0.717) is 6.04 Å². The van der Waals surface area contributed by atoms with E-state index in [0.717, 1.165) is 18.1 Å². The lowest BCUT2D eigenvalue weighted by Gasteiger charge is -2.32. The zero-order valence-corrected chi connectivity index (χ0v) is 13.1. The van der Waals surface area contributed by atoms with Gasteiger partial charge in [-0.15, -0.1) is 0 Å². The van der Waals surface area contributed by atoms with Gasteiger partial charge in [0.1, 0.15) is 0 Å². The summed E-state index contributed by atoms with van der Waals surface area (Å²) >= 11 is 6.03. The highest BCUT2D eigenvalue weighted by molar-refractivity contribution is 6.30. The molecule has 1 atom stereocenters. The molecule has 0 aliphatic heterocycles. The summed E-state index contributed by atoms with van der Waals surface area (Å²) in [7, 11) is 0. The van der Waals surface area contributed by atoms with Crippen molar-refractivity contribution in [3.05, 3.63) is 53.6 Å². The number of nitrogens with one attached hydrogen (secondary N) is 1. The predicted molar refractivity (Wildman–Crippen MR) is 83.8 cm³/mol. The Morgan fingerprint density at radius 3 is 2.75 bits per heavy atom. The summed E-state index contributed by atoms with van der Waals surface area (Å²) in [6.45, 7) is 8.47. The monoisotopic (exact) mass is 291 g/mol. The fraction of sp³-hybridized carbons (Fsp3) is 0.438. The average Bonchev–Trinajstić information content (AvgIpc) is 2.86. The number of rotatable bonds is 5. The fourth-order valence-corrected chi connectivity index (χ4v) is 2.35. The third kappa shape index (κ3) is 4.36. The van der Waals surface area contributed by atoms with Crippen LogP contribution in [0.1, 0.15) is 26.3 Å². The van der Waals surface area contributed by atoms with E-state index in [1.807, 2.05) is 36.9 Å². The lowest BCUT2D eigenvalue weighted by Crippen LogP contribution is -2.42. The van der Waals surface area contributed by atoms with Crippen LogP contribution in [0.2, 0.25) is 5.02 Å². The van der Waals surface area contributed by atoms with E-state index in [2.05, 4.69) is 41.7 Å². The molecular formula is C16H22ClN3. The number of hydrogen-bond donors (Lipinski definition) is 1. The van der Waals surface area contributed by atoms with Crippen LogP contribution in [0.25, 0.3) is 0 Å². The van der Waals surface area contributed by atoms with Crippen LogP contribution in [0.5, 0.6) is 0 Å². The Bertz CT molecular complexity index is 529. The highest BCUT2D eigenvalue weighted by Gasteiger charge is 2.24. The van der Waals surface area contributed by atoms with Gasteiger partial charge >= 0.3 is 0 Å². The molecule has 2 rings (SSSR count). The zero-order valence-electron chi connectivity index (χ0n) is 12.3. The van der Waals surface area contributed by atoms with Crippen molar-refractivity contribution in [3.63, 3.8) is 0 Å². The molecule has 108 valence electrons. The summed E-state index contributed by atoms with van der Waals surface area (Å²) in [5, 5.41) is 4.42. The molecule has 0 fully saturated rings. The second kappa shape index (κ2) is 6.42. The number of aromatic nitrogens is 2. The van der Waals surface area contributed by atoms with Crippen molar-refractivity contribution in [1.82, 2.24) is 14.9 Å². The molecule has 1 aromatic carbocycles. The first-order chi connectivity index (χ1) is 9.45. The van der Waals surface area contributed by atoms with Gasteiger partial charge in [-0.05, 0) is 23.1 Å². The van der Waals surface area contributed by atoms with Crippen LogP contribution in [0, 0.1) is 5.41 Å². The quantitative estimate of drug-likeness (QED) is 0.909. The third-order valence-electron chi connectivity index (χ3n) is 3.44. The molecule has 0 saturated carbocycles. The Morgan fingerprint density at radius 2 is 2.15 bits per heavy atom. The van der Waals surface area contributed by atoms with Crippen molar-refractivity contribution in [2.24, 2.45) is 5.41 Å². The van der Waals surface area contributed by atoms with E-state index >= 15 is 0 Å². The maximum absolute atomic E-state index is 6.03. The Labute approximate surface area is 126 Å². The largest absolute Gasteiger partial charge is 0.336 e. The van der Waals surface area contributed by atoms with Gasteiger partial charge in [-0.3, -0.25) is 0 Å². The normalized spacial score (nSPS) is 13.4. The highest BCUT2D eigenvalue weighted by Crippen LogP contribution is 2.21. The first-order valence-electron chi connectivity index (χ1n) is 6.89. The van der Waals surface area contributed by atoms with Crippen LogP contribution in [-0.2, 0) is 13.1 Å². The standard InChI is InChI=1S/C16H22ClN3/c1-16(2,3)15(11-20-8-7-18-12-20)19-10-13-5-4-6-14(17)9-13/h4-9,12,15,19H,10-11H2,1-3H3. The lowest BCUT2D eigenvalue weighted by molar-refractivity contribution is 0.240. The third-order valence-corrected chi connectivity index (χ3v) is 3.67. The van der Waals surface area contributed by atoms with Gasteiger partial charge in [-0.25, -0.2) is 4.98 Å². The topological polar surface area (TPSA) is 29.9 Å². The average molecular weight is 292 g/mol. The zero-order chi connectivity index (χ0) is 14.6. The summed E-state index contributed by atoms with van der Waals surface area (Å²) in [4.78, 5) is 4.10. The van der Waals surface area contributed by atoms with Crippen LogP contribution in [0.15, 0.2) is 43.0 Å². The smallest absolute Gasteiger partial charge is 0.0946 e. The van der Waals surface area contributed by atoms with E-state index in [9.17, 15) is 0 Å². The molecule has 1 heterocycles. The minimum Gasteiger partial charge on any atom is -0.336 e. The summed E-state index contributed by atoms with van der Waals surface area (Å²) in [5.74, 6) is 0. The molecule has 1 aromatic heterocycles. The van der Waals surface area contributed by atoms with Crippen LogP contribution in [0.4, 0.5) is 0 Å². The van der Waals surface area contributed by atoms with E-state index in [-0.39, 0.29) is 5.41 Å². The van der Waals surface area contributed by atoms with Crippen molar-refractivity contribution in [3.8, 4) is 0 Å². The van der Waals surface area contributed by atoms with Gasteiger partial charge in [-0.1, -0.05) is 44.5 Å². The summed E-state index contributed by atoms with van der Waals surface area (Å²) < 4.78 is 2.11. The molecule has 0 saturated heterocycles. The summed E-state index contributed by atoms with van der Waals surface area (Å²) in [5.41, 5.74) is 1.38. The highest BCUT2D eigenvalue weighted by atomic mass is 35.5. The Kier molecular flexibility index (Phi) is 4.84. The molecule has 0 spiro atoms. The molecule has 1 unspecified atom stereocenters. The second-order valence-corrected chi connectivity index (χ2v) is 6.63. The minimum absolute atomic E-state index is 0.169. The van der Waals surface area contributed by atoms with E-state index in [1.54, 1.807) is 0 Å². The lowest BCUT2D eigenvalue weighted by atomic mass is 9.86. The van der Waals surface area contributed by atoms with Crippen molar-refractivity contribution < 1.29 is 0 Å². The minimum atomic E-state index is 0.169. The van der Waals surface area contributed by atoms with Crippen molar-refractivity contribution >= 4 is 11.6 Å². The Morgan fingerprint density at radius 1 is 1.35 bits per heavy atom. The fourth-order valence-electron chi connectivity index (χ4n) is 2.14. The summed E-state index contributed by atoms with van der Waals surface area (Å²) in [6, 6.07) is 8.34. The van der Waals surface area contributed by atoms with Gasteiger partial charge in [-0.2, -0.15) is 0 Å². The predicted octanol–water partition coefficient (Wildman–Crippen LogP) is 3.74. The molecule has 0 aliphatic rings. The van der Waals surface area contributed by atoms with Gasteiger partial charge in [0.2, 0.25) is 0 Å².